The van der Waals surface area contributed by atoms with Gasteiger partial charge < -0.3 is 9.57 Å². The number of nitrogens with zero attached hydrogens (tertiary/aromatic N) is 2. The van der Waals surface area contributed by atoms with Crippen LogP contribution in [0.15, 0.2) is 78.0 Å². The lowest BCUT2D eigenvalue weighted by molar-refractivity contribution is -0.122. The molecule has 5 nitrogen and oxygen atoms in total. The van der Waals surface area contributed by atoms with E-state index in [4.69, 9.17) is 9.57 Å². The van der Waals surface area contributed by atoms with Crippen molar-refractivity contribution >= 4 is 23.5 Å². The lowest BCUT2D eigenvalue weighted by Gasteiger charge is -2.30. The summed E-state index contributed by atoms with van der Waals surface area (Å²) in [5.41, 5.74) is 1.82. The molecule has 0 fully saturated rings. The van der Waals surface area contributed by atoms with Crippen LogP contribution in [0.4, 0.5) is 15.8 Å². The molecular formula is C21H15FN2O3. The molecule has 0 radical (unpaired) electrons. The van der Waals surface area contributed by atoms with Gasteiger partial charge in [-0.05, 0) is 42.0 Å². The van der Waals surface area contributed by atoms with Crippen molar-refractivity contribution < 1.29 is 18.8 Å². The van der Waals surface area contributed by atoms with Crippen LogP contribution in [0.2, 0.25) is 0 Å². The van der Waals surface area contributed by atoms with Gasteiger partial charge in [0.15, 0.2) is 18.1 Å². The maximum Gasteiger partial charge on any atom is 0.272 e. The average molecular weight is 362 g/mol. The van der Waals surface area contributed by atoms with Crippen LogP contribution in [-0.2, 0) is 9.63 Å². The van der Waals surface area contributed by atoms with Crippen molar-refractivity contribution in [1.29, 1.82) is 0 Å². The molecule has 0 saturated carbocycles. The minimum atomic E-state index is -0.364. The standard InChI is InChI=1S/C21H15FN2O3/c22-16-7-5-6-15(12-16)13-23-26-14-21(25)24-17-8-1-3-10-19(17)27-20-11-4-2-9-18(20)24/h1-13H,14H2. The maximum atomic E-state index is 13.2. The molecule has 3 aromatic rings. The number of hydrogen-bond acceptors (Lipinski definition) is 4. The summed E-state index contributed by atoms with van der Waals surface area (Å²) in [6.45, 7) is -0.269. The van der Waals surface area contributed by atoms with Gasteiger partial charge in [0.2, 0.25) is 0 Å². The lowest BCUT2D eigenvalue weighted by Crippen LogP contribution is -2.31. The summed E-state index contributed by atoms with van der Waals surface area (Å²) in [6, 6.07) is 20.5. The van der Waals surface area contributed by atoms with Gasteiger partial charge in [-0.15, -0.1) is 0 Å². The number of oxime groups is 1. The molecule has 1 heterocycles. The summed E-state index contributed by atoms with van der Waals surface area (Å²) < 4.78 is 19.0. The van der Waals surface area contributed by atoms with Gasteiger partial charge in [0.1, 0.15) is 5.82 Å². The average Bonchev–Trinajstić information content (AvgIpc) is 2.69. The van der Waals surface area contributed by atoms with Crippen molar-refractivity contribution in [3.05, 3.63) is 84.2 Å². The topological polar surface area (TPSA) is 51.1 Å². The fraction of sp³-hybridized carbons (Fsp3) is 0.0476. The van der Waals surface area contributed by atoms with Gasteiger partial charge in [-0.25, -0.2) is 4.39 Å². The molecule has 1 amide bonds. The van der Waals surface area contributed by atoms with E-state index in [0.717, 1.165) is 0 Å². The predicted octanol–water partition coefficient (Wildman–Crippen LogP) is 4.65. The summed E-state index contributed by atoms with van der Waals surface area (Å²) in [7, 11) is 0. The first-order chi connectivity index (χ1) is 13.2. The zero-order valence-electron chi connectivity index (χ0n) is 14.2. The van der Waals surface area contributed by atoms with Gasteiger partial charge in [0, 0.05) is 0 Å². The summed E-state index contributed by atoms with van der Waals surface area (Å²) in [5.74, 6) is 0.520. The van der Waals surface area contributed by atoms with E-state index < -0.39 is 0 Å². The van der Waals surface area contributed by atoms with E-state index in [2.05, 4.69) is 5.16 Å². The highest BCUT2D eigenvalue weighted by atomic mass is 19.1. The molecule has 6 heteroatoms. The quantitative estimate of drug-likeness (QED) is 0.502. The van der Waals surface area contributed by atoms with Crippen LogP contribution in [0.3, 0.4) is 0 Å². The molecule has 0 atom stereocenters. The smallest absolute Gasteiger partial charge is 0.272 e. The molecule has 0 saturated heterocycles. The third-order valence-electron chi connectivity index (χ3n) is 3.99. The Bertz CT molecular complexity index is 974. The summed E-state index contributed by atoms with van der Waals surface area (Å²) in [5, 5.41) is 3.76. The molecule has 3 aromatic carbocycles. The zero-order valence-corrected chi connectivity index (χ0v) is 14.2. The molecule has 0 N–H and O–H groups in total. The SMILES string of the molecule is O=C(CON=Cc1cccc(F)c1)N1c2ccccc2Oc2ccccc21. The number of anilines is 2. The number of para-hydroxylation sites is 4. The minimum Gasteiger partial charge on any atom is -0.453 e. The van der Waals surface area contributed by atoms with Crippen molar-refractivity contribution in [2.45, 2.75) is 0 Å². The second kappa shape index (κ2) is 7.29. The van der Waals surface area contributed by atoms with Crippen LogP contribution in [0.5, 0.6) is 11.5 Å². The molecule has 1 aliphatic rings. The Labute approximate surface area is 155 Å². The van der Waals surface area contributed by atoms with Crippen molar-refractivity contribution in [2.75, 3.05) is 11.5 Å². The van der Waals surface area contributed by atoms with E-state index in [1.54, 1.807) is 41.3 Å². The van der Waals surface area contributed by atoms with Crippen molar-refractivity contribution in [3.8, 4) is 11.5 Å². The number of fused-ring (bicyclic) bond motifs is 2. The van der Waals surface area contributed by atoms with Crippen LogP contribution < -0.4 is 9.64 Å². The molecule has 0 bridgehead atoms. The Hall–Kier alpha value is -3.67. The van der Waals surface area contributed by atoms with Gasteiger partial charge in [-0.1, -0.05) is 41.6 Å². The first-order valence-electron chi connectivity index (χ1n) is 8.32. The van der Waals surface area contributed by atoms with E-state index >= 15 is 0 Å². The third-order valence-corrected chi connectivity index (χ3v) is 3.99. The van der Waals surface area contributed by atoms with Gasteiger partial charge in [-0.3, -0.25) is 9.69 Å². The second-order valence-corrected chi connectivity index (χ2v) is 5.83. The molecule has 1 aliphatic heterocycles. The van der Waals surface area contributed by atoms with Crippen LogP contribution in [-0.4, -0.2) is 18.7 Å². The van der Waals surface area contributed by atoms with Crippen LogP contribution in [0.25, 0.3) is 0 Å². The van der Waals surface area contributed by atoms with Gasteiger partial charge in [0.05, 0.1) is 17.6 Å². The molecule has 27 heavy (non-hydrogen) atoms. The number of rotatable bonds is 4. The lowest BCUT2D eigenvalue weighted by atomic mass is 10.1. The number of halogens is 1. The van der Waals surface area contributed by atoms with Crippen molar-refractivity contribution in [3.63, 3.8) is 0 Å². The normalized spacial score (nSPS) is 12.3. The number of hydrogen-bond donors (Lipinski definition) is 0. The fourth-order valence-corrected chi connectivity index (χ4v) is 2.82. The Morgan fingerprint density at radius 3 is 2.33 bits per heavy atom. The van der Waals surface area contributed by atoms with Gasteiger partial charge >= 0.3 is 0 Å². The van der Waals surface area contributed by atoms with Gasteiger partial charge in [0.25, 0.3) is 5.91 Å². The molecular weight excluding hydrogens is 347 g/mol. The second-order valence-electron chi connectivity index (χ2n) is 5.83. The van der Waals surface area contributed by atoms with E-state index in [0.29, 0.717) is 28.4 Å². The first-order valence-corrected chi connectivity index (χ1v) is 8.32. The Morgan fingerprint density at radius 1 is 1.00 bits per heavy atom. The minimum absolute atomic E-state index is 0.269. The molecule has 0 unspecified atom stereocenters. The highest BCUT2D eigenvalue weighted by Crippen LogP contribution is 2.46. The molecule has 0 aromatic heterocycles. The molecule has 4 rings (SSSR count). The largest absolute Gasteiger partial charge is 0.453 e. The fourth-order valence-electron chi connectivity index (χ4n) is 2.82. The Kier molecular flexibility index (Phi) is 4.53. The predicted molar refractivity (Wildman–Crippen MR) is 100 cm³/mol. The van der Waals surface area contributed by atoms with E-state index in [9.17, 15) is 9.18 Å². The van der Waals surface area contributed by atoms with Crippen LogP contribution >= 0.6 is 0 Å². The van der Waals surface area contributed by atoms with E-state index in [1.807, 2.05) is 24.3 Å². The van der Waals surface area contributed by atoms with Gasteiger partial charge in [-0.2, -0.15) is 0 Å². The van der Waals surface area contributed by atoms with Crippen LogP contribution in [0.1, 0.15) is 5.56 Å². The number of carbonyl (C=O) groups excluding carboxylic acids is 1. The third kappa shape index (κ3) is 3.50. The Morgan fingerprint density at radius 2 is 1.67 bits per heavy atom. The highest BCUT2D eigenvalue weighted by molar-refractivity contribution is 6.05. The number of amides is 1. The number of ether oxygens (including phenoxy) is 1. The van der Waals surface area contributed by atoms with Crippen LogP contribution in [0, 0.1) is 5.82 Å². The summed E-state index contributed by atoms with van der Waals surface area (Å²) in [6.07, 6.45) is 1.36. The Balaban J connectivity index is 1.52. The number of carbonyl (C=O) groups is 1. The van der Waals surface area contributed by atoms with Crippen molar-refractivity contribution in [2.24, 2.45) is 5.16 Å². The first kappa shape index (κ1) is 16.8. The zero-order chi connectivity index (χ0) is 18.6. The number of benzene rings is 3. The maximum absolute atomic E-state index is 13.2. The molecule has 0 aliphatic carbocycles. The van der Waals surface area contributed by atoms with E-state index in [-0.39, 0.29) is 18.3 Å². The highest BCUT2D eigenvalue weighted by Gasteiger charge is 2.28. The summed E-state index contributed by atoms with van der Waals surface area (Å²) >= 11 is 0. The summed E-state index contributed by atoms with van der Waals surface area (Å²) in [4.78, 5) is 19.5. The monoisotopic (exact) mass is 362 g/mol. The van der Waals surface area contributed by atoms with Crippen molar-refractivity contribution in [1.82, 2.24) is 0 Å². The molecule has 134 valence electrons. The van der Waals surface area contributed by atoms with E-state index in [1.165, 1.54) is 18.3 Å². The molecule has 0 spiro atoms.